The summed E-state index contributed by atoms with van der Waals surface area (Å²) in [6.45, 7) is 20.9. The smallest absolute Gasteiger partial charge is 0.256 e. The summed E-state index contributed by atoms with van der Waals surface area (Å²) in [6, 6.07) is 23.3. The first-order valence-electron chi connectivity index (χ1n) is 14.4. The summed E-state index contributed by atoms with van der Waals surface area (Å²) in [5.74, 6) is 1.90. The van der Waals surface area contributed by atoms with Crippen LogP contribution < -0.4 is 21.1 Å². The van der Waals surface area contributed by atoms with Crippen LogP contribution in [0.15, 0.2) is 65.1 Å². The first-order chi connectivity index (χ1) is 18.6. The molecule has 0 atom stereocenters. The molecule has 2 aliphatic rings. The van der Waals surface area contributed by atoms with Gasteiger partial charge in [0.25, 0.3) is 6.71 Å². The second-order valence-electron chi connectivity index (χ2n) is 14.9. The topological polar surface area (TPSA) is 14.2 Å². The molecule has 4 aromatic carbocycles. The van der Waals surface area contributed by atoms with E-state index in [9.17, 15) is 0 Å². The molecule has 4 heteroatoms. The van der Waals surface area contributed by atoms with Crippen molar-refractivity contribution < 1.29 is 4.74 Å². The Morgan fingerprint density at radius 2 is 1.23 bits per heavy atom. The van der Waals surface area contributed by atoms with Crippen molar-refractivity contribution in [1.29, 1.82) is 0 Å². The quantitative estimate of drug-likeness (QED) is 0.162. The molecule has 5 aromatic rings. The van der Waals surface area contributed by atoms with Gasteiger partial charge in [-0.15, -0.1) is 0 Å². The van der Waals surface area contributed by atoms with E-state index in [2.05, 4.69) is 143 Å². The number of halogens is 1. The van der Waals surface area contributed by atoms with Gasteiger partial charge < -0.3 is 9.30 Å². The van der Waals surface area contributed by atoms with Crippen molar-refractivity contribution in [3.05, 3.63) is 81.8 Å². The van der Waals surface area contributed by atoms with Gasteiger partial charge in [0.15, 0.2) is 0 Å². The molecule has 0 spiro atoms. The van der Waals surface area contributed by atoms with Crippen LogP contribution in [0.2, 0.25) is 0 Å². The minimum atomic E-state index is 0.0187. The van der Waals surface area contributed by atoms with Gasteiger partial charge in [-0.2, -0.15) is 0 Å². The zero-order valence-corrected chi connectivity index (χ0v) is 26.7. The van der Waals surface area contributed by atoms with E-state index in [4.69, 9.17) is 4.74 Å². The largest absolute Gasteiger partial charge is 0.458 e. The van der Waals surface area contributed by atoms with Gasteiger partial charge in [0.2, 0.25) is 0 Å². The Hall–Kier alpha value is -2.98. The van der Waals surface area contributed by atoms with E-state index in [0.29, 0.717) is 0 Å². The molecule has 40 heavy (non-hydrogen) atoms. The Labute approximate surface area is 246 Å². The van der Waals surface area contributed by atoms with Gasteiger partial charge in [0.05, 0.1) is 5.52 Å². The van der Waals surface area contributed by atoms with Crippen LogP contribution >= 0.6 is 15.9 Å². The third kappa shape index (κ3) is 3.68. The lowest BCUT2D eigenvalue weighted by molar-refractivity contribution is 0.485. The molecule has 0 unspecified atom stereocenters. The van der Waals surface area contributed by atoms with Crippen molar-refractivity contribution in [1.82, 2.24) is 4.57 Å². The van der Waals surface area contributed by atoms with Gasteiger partial charge in [-0.05, 0) is 85.7 Å². The van der Waals surface area contributed by atoms with E-state index in [1.165, 1.54) is 60.6 Å². The Balaban J connectivity index is 1.68. The van der Waals surface area contributed by atoms with Gasteiger partial charge in [0, 0.05) is 26.4 Å². The lowest BCUT2D eigenvalue weighted by Gasteiger charge is -2.35. The molecular weight excluding hydrogens is 553 g/mol. The summed E-state index contributed by atoms with van der Waals surface area (Å²) in [5, 5.41) is 2.67. The van der Waals surface area contributed by atoms with E-state index in [0.717, 1.165) is 16.0 Å². The Kier molecular flexibility index (Phi) is 5.23. The normalized spacial score (nSPS) is 14.4. The molecule has 0 bridgehead atoms. The predicted molar refractivity (Wildman–Crippen MR) is 176 cm³/mol. The first-order valence-corrected chi connectivity index (χ1v) is 15.2. The number of ether oxygens (including phenoxy) is 1. The molecule has 7 rings (SSSR count). The molecule has 0 aliphatic carbocycles. The second kappa shape index (κ2) is 8.06. The summed E-state index contributed by atoms with van der Waals surface area (Å²) < 4.78 is 10.2. The number of fused-ring (bicyclic) bond motifs is 7. The highest BCUT2D eigenvalue weighted by molar-refractivity contribution is 9.10. The zero-order chi connectivity index (χ0) is 28.5. The number of hydrogen-bond donors (Lipinski definition) is 0. The minimum Gasteiger partial charge on any atom is -0.458 e. The summed E-state index contributed by atoms with van der Waals surface area (Å²) in [7, 11) is 0. The van der Waals surface area contributed by atoms with Crippen LogP contribution in [-0.4, -0.2) is 11.3 Å². The fraction of sp³-hybridized carbons (Fsp3) is 0.333. The Bertz CT molecular complexity index is 1890. The van der Waals surface area contributed by atoms with Crippen molar-refractivity contribution >= 4 is 60.8 Å². The molecule has 0 saturated carbocycles. The maximum absolute atomic E-state index is 6.69. The number of rotatable bonds is 0. The molecule has 0 saturated heterocycles. The molecule has 0 fully saturated rings. The maximum atomic E-state index is 6.69. The van der Waals surface area contributed by atoms with Crippen LogP contribution in [0.25, 0.3) is 27.5 Å². The molecule has 3 heterocycles. The summed E-state index contributed by atoms with van der Waals surface area (Å²) in [5.41, 5.74) is 11.9. The number of nitrogens with zero attached hydrogens (tertiary/aromatic N) is 1. The van der Waals surface area contributed by atoms with Crippen LogP contribution in [0, 0.1) is 0 Å². The molecule has 1 aromatic heterocycles. The SMILES string of the molecule is CC(C)(C)c1ccc2c(c1)B1c3c(cc(Br)cc3-n3c4ccc(C(C)(C)C)cc4c4cc(C(C)(C)C)cc1c43)O2. The lowest BCUT2D eigenvalue weighted by Crippen LogP contribution is -2.58. The predicted octanol–water partition coefficient (Wildman–Crippen LogP) is 8.37. The van der Waals surface area contributed by atoms with Crippen molar-refractivity contribution in [2.75, 3.05) is 0 Å². The summed E-state index contributed by atoms with van der Waals surface area (Å²) in [6.07, 6.45) is 0. The van der Waals surface area contributed by atoms with Crippen molar-refractivity contribution in [2.24, 2.45) is 0 Å². The minimum absolute atomic E-state index is 0.0187. The molecule has 202 valence electrons. The Morgan fingerprint density at radius 3 is 1.90 bits per heavy atom. The third-order valence-corrected chi connectivity index (χ3v) is 9.41. The Morgan fingerprint density at radius 1 is 0.625 bits per heavy atom. The monoisotopic (exact) mass is 589 g/mol. The van der Waals surface area contributed by atoms with Crippen molar-refractivity contribution in [3.8, 4) is 17.2 Å². The average Bonchev–Trinajstić information content (AvgIpc) is 3.18. The van der Waals surface area contributed by atoms with Gasteiger partial charge in [-0.25, -0.2) is 0 Å². The highest BCUT2D eigenvalue weighted by Crippen LogP contribution is 2.41. The molecule has 0 radical (unpaired) electrons. The highest BCUT2D eigenvalue weighted by Gasteiger charge is 2.42. The van der Waals surface area contributed by atoms with Crippen LogP contribution in [0.5, 0.6) is 11.5 Å². The fourth-order valence-electron chi connectivity index (χ4n) is 6.62. The number of aromatic nitrogens is 1. The lowest BCUT2D eigenvalue weighted by atomic mass is 9.34. The van der Waals surface area contributed by atoms with Crippen molar-refractivity contribution in [2.45, 2.75) is 78.6 Å². The molecular formula is C36H37BBrNO. The van der Waals surface area contributed by atoms with Crippen LogP contribution in [0.1, 0.15) is 79.0 Å². The highest BCUT2D eigenvalue weighted by atomic mass is 79.9. The molecule has 2 nitrogen and oxygen atoms in total. The van der Waals surface area contributed by atoms with E-state index >= 15 is 0 Å². The van der Waals surface area contributed by atoms with Crippen LogP contribution in [0.3, 0.4) is 0 Å². The van der Waals surface area contributed by atoms with Crippen molar-refractivity contribution in [3.63, 3.8) is 0 Å². The first kappa shape index (κ1) is 26.0. The van der Waals surface area contributed by atoms with Gasteiger partial charge in [-0.1, -0.05) is 103 Å². The number of hydrogen-bond acceptors (Lipinski definition) is 1. The van der Waals surface area contributed by atoms with E-state index in [1.807, 2.05) is 0 Å². The van der Waals surface area contributed by atoms with E-state index in [1.54, 1.807) is 0 Å². The van der Waals surface area contributed by atoms with Gasteiger partial charge in [0.1, 0.15) is 11.5 Å². The van der Waals surface area contributed by atoms with Gasteiger partial charge >= 0.3 is 0 Å². The summed E-state index contributed by atoms with van der Waals surface area (Å²) in [4.78, 5) is 0. The fourth-order valence-corrected chi connectivity index (χ4v) is 7.04. The summed E-state index contributed by atoms with van der Waals surface area (Å²) >= 11 is 3.83. The average molecular weight is 590 g/mol. The zero-order valence-electron chi connectivity index (χ0n) is 25.1. The molecule has 0 amide bonds. The van der Waals surface area contributed by atoms with Crippen LogP contribution in [0.4, 0.5) is 0 Å². The standard InChI is InChI=1S/C36H37BBrNO/c1-34(2,3)20-10-12-28-24(14-20)25-15-22(36(7,8)9)17-27-33(25)39(28)29-18-23(38)19-31-32(29)37(27)26-16-21(35(4,5)6)11-13-30(26)40-31/h10-19H,1-9H3. The van der Waals surface area contributed by atoms with Crippen LogP contribution in [-0.2, 0) is 16.2 Å². The van der Waals surface area contributed by atoms with E-state index < -0.39 is 0 Å². The van der Waals surface area contributed by atoms with Gasteiger partial charge in [-0.3, -0.25) is 0 Å². The van der Waals surface area contributed by atoms with E-state index in [-0.39, 0.29) is 23.0 Å². The maximum Gasteiger partial charge on any atom is 0.256 e. The number of benzene rings is 4. The second-order valence-corrected chi connectivity index (χ2v) is 15.8. The molecule has 0 N–H and O–H groups in total. The third-order valence-electron chi connectivity index (χ3n) is 8.96. The molecule has 2 aliphatic heterocycles.